The van der Waals surface area contributed by atoms with Gasteiger partial charge in [-0.2, -0.15) is 0 Å². The molecular weight excluding hydrogens is 246 g/mol. The molecule has 0 aromatic rings. The highest BCUT2D eigenvalue weighted by Crippen LogP contribution is 2.31. The van der Waals surface area contributed by atoms with Gasteiger partial charge in [0.05, 0.1) is 25.7 Å². The van der Waals surface area contributed by atoms with Crippen LogP contribution in [0.15, 0.2) is 0 Å². The molecule has 0 N–H and O–H groups in total. The van der Waals surface area contributed by atoms with E-state index < -0.39 is 5.79 Å². The van der Waals surface area contributed by atoms with Gasteiger partial charge in [-0.15, -0.1) is 0 Å². The SMILES string of the molecule is O=C(CC1CCCCO1)N1CCC2(CC1)OCCO2. The van der Waals surface area contributed by atoms with Gasteiger partial charge in [0, 0.05) is 32.5 Å². The van der Waals surface area contributed by atoms with Crippen molar-refractivity contribution in [2.45, 2.75) is 50.4 Å². The first-order valence-electron chi connectivity index (χ1n) is 7.45. The molecule has 3 aliphatic rings. The second-order valence-corrected chi connectivity index (χ2v) is 5.68. The number of hydrogen-bond acceptors (Lipinski definition) is 4. The van der Waals surface area contributed by atoms with Gasteiger partial charge in [-0.05, 0) is 19.3 Å². The molecule has 3 heterocycles. The lowest BCUT2D eigenvalue weighted by Crippen LogP contribution is -2.48. The van der Waals surface area contributed by atoms with Crippen molar-refractivity contribution >= 4 is 5.91 Å². The number of ether oxygens (including phenoxy) is 3. The minimum absolute atomic E-state index is 0.135. The molecule has 5 nitrogen and oxygen atoms in total. The molecule has 3 saturated heterocycles. The van der Waals surface area contributed by atoms with E-state index in [2.05, 4.69) is 0 Å². The molecule has 5 heteroatoms. The van der Waals surface area contributed by atoms with Crippen LogP contribution in [0.5, 0.6) is 0 Å². The number of piperidine rings is 1. The van der Waals surface area contributed by atoms with E-state index in [0.29, 0.717) is 19.6 Å². The maximum absolute atomic E-state index is 12.2. The normalized spacial score (nSPS) is 30.7. The number of rotatable bonds is 2. The molecule has 1 amide bonds. The fourth-order valence-electron chi connectivity index (χ4n) is 3.17. The van der Waals surface area contributed by atoms with Crippen molar-refractivity contribution in [1.29, 1.82) is 0 Å². The zero-order valence-corrected chi connectivity index (χ0v) is 11.4. The van der Waals surface area contributed by atoms with Gasteiger partial charge in [0.15, 0.2) is 5.79 Å². The van der Waals surface area contributed by atoms with Crippen molar-refractivity contribution in [2.24, 2.45) is 0 Å². The lowest BCUT2D eigenvalue weighted by molar-refractivity contribution is -0.188. The maximum atomic E-state index is 12.2. The van der Waals surface area contributed by atoms with Gasteiger partial charge in [0.2, 0.25) is 5.91 Å². The van der Waals surface area contributed by atoms with Crippen LogP contribution in [-0.2, 0) is 19.0 Å². The molecule has 108 valence electrons. The van der Waals surface area contributed by atoms with Crippen LogP contribution in [0.3, 0.4) is 0 Å². The second kappa shape index (κ2) is 5.77. The summed E-state index contributed by atoms with van der Waals surface area (Å²) in [6.07, 6.45) is 5.60. The standard InChI is InChI=1S/C14H23NO4/c16-13(11-12-3-1-2-8-17-12)15-6-4-14(5-7-15)18-9-10-19-14/h12H,1-11H2. The minimum Gasteiger partial charge on any atom is -0.378 e. The van der Waals surface area contributed by atoms with Crippen molar-refractivity contribution < 1.29 is 19.0 Å². The van der Waals surface area contributed by atoms with E-state index in [0.717, 1.165) is 45.4 Å². The molecule has 0 bridgehead atoms. The summed E-state index contributed by atoms with van der Waals surface area (Å²) in [6.45, 7) is 3.66. The molecule has 0 radical (unpaired) electrons. The van der Waals surface area contributed by atoms with Crippen LogP contribution in [0.2, 0.25) is 0 Å². The van der Waals surface area contributed by atoms with Gasteiger partial charge < -0.3 is 19.1 Å². The van der Waals surface area contributed by atoms with Gasteiger partial charge in [-0.1, -0.05) is 0 Å². The predicted octanol–water partition coefficient (Wildman–Crippen LogP) is 1.31. The maximum Gasteiger partial charge on any atom is 0.225 e. The summed E-state index contributed by atoms with van der Waals surface area (Å²) in [7, 11) is 0. The Hall–Kier alpha value is -0.650. The lowest BCUT2D eigenvalue weighted by Gasteiger charge is -2.38. The summed E-state index contributed by atoms with van der Waals surface area (Å²) in [5.74, 6) is -0.169. The zero-order valence-electron chi connectivity index (χ0n) is 11.4. The van der Waals surface area contributed by atoms with Crippen molar-refractivity contribution in [3.8, 4) is 0 Å². The van der Waals surface area contributed by atoms with Crippen LogP contribution in [0.4, 0.5) is 0 Å². The summed E-state index contributed by atoms with van der Waals surface area (Å²) >= 11 is 0. The van der Waals surface area contributed by atoms with Crippen LogP contribution in [0.1, 0.15) is 38.5 Å². The Labute approximate surface area is 114 Å². The summed E-state index contributed by atoms with van der Waals surface area (Å²) < 4.78 is 17.0. The molecule has 3 rings (SSSR count). The van der Waals surface area contributed by atoms with E-state index in [4.69, 9.17) is 14.2 Å². The third kappa shape index (κ3) is 3.09. The first-order chi connectivity index (χ1) is 9.27. The van der Waals surface area contributed by atoms with Gasteiger partial charge in [-0.25, -0.2) is 0 Å². The Kier molecular flexibility index (Phi) is 4.05. The lowest BCUT2D eigenvalue weighted by atomic mass is 10.0. The van der Waals surface area contributed by atoms with E-state index in [-0.39, 0.29) is 12.0 Å². The third-order valence-corrected chi connectivity index (χ3v) is 4.37. The van der Waals surface area contributed by atoms with Gasteiger partial charge >= 0.3 is 0 Å². The van der Waals surface area contributed by atoms with E-state index in [1.165, 1.54) is 6.42 Å². The zero-order chi connectivity index (χ0) is 13.1. The van der Waals surface area contributed by atoms with Crippen molar-refractivity contribution in [3.63, 3.8) is 0 Å². The van der Waals surface area contributed by atoms with Crippen molar-refractivity contribution in [1.82, 2.24) is 4.90 Å². The fourth-order valence-corrected chi connectivity index (χ4v) is 3.17. The Morgan fingerprint density at radius 3 is 2.47 bits per heavy atom. The van der Waals surface area contributed by atoms with E-state index in [1.807, 2.05) is 4.90 Å². The second-order valence-electron chi connectivity index (χ2n) is 5.68. The molecule has 1 atom stereocenters. The van der Waals surface area contributed by atoms with E-state index in [1.54, 1.807) is 0 Å². The van der Waals surface area contributed by atoms with Gasteiger partial charge in [-0.3, -0.25) is 4.79 Å². The first kappa shape index (κ1) is 13.3. The highest BCUT2D eigenvalue weighted by molar-refractivity contribution is 5.76. The molecule has 1 unspecified atom stereocenters. The Balaban J connectivity index is 1.46. The average Bonchev–Trinajstić information content (AvgIpc) is 2.89. The van der Waals surface area contributed by atoms with E-state index >= 15 is 0 Å². The Bertz CT molecular complexity index is 311. The smallest absolute Gasteiger partial charge is 0.225 e. The quantitative estimate of drug-likeness (QED) is 0.758. The molecule has 1 spiro atoms. The number of hydrogen-bond donors (Lipinski definition) is 0. The molecule has 0 saturated carbocycles. The van der Waals surface area contributed by atoms with Crippen LogP contribution in [0.25, 0.3) is 0 Å². The van der Waals surface area contributed by atoms with Crippen molar-refractivity contribution in [2.75, 3.05) is 32.9 Å². The van der Waals surface area contributed by atoms with Crippen LogP contribution in [-0.4, -0.2) is 55.6 Å². The third-order valence-electron chi connectivity index (χ3n) is 4.37. The molecule has 19 heavy (non-hydrogen) atoms. The monoisotopic (exact) mass is 269 g/mol. The minimum atomic E-state index is -0.391. The number of carbonyl (C=O) groups excluding carboxylic acids is 1. The predicted molar refractivity (Wildman–Crippen MR) is 68.7 cm³/mol. The molecule has 0 aliphatic carbocycles. The first-order valence-corrected chi connectivity index (χ1v) is 7.45. The Morgan fingerprint density at radius 1 is 1.11 bits per heavy atom. The Morgan fingerprint density at radius 2 is 1.84 bits per heavy atom. The number of likely N-dealkylation sites (tertiary alicyclic amines) is 1. The summed E-state index contributed by atoms with van der Waals surface area (Å²) in [5.41, 5.74) is 0. The van der Waals surface area contributed by atoms with Crippen molar-refractivity contribution in [3.05, 3.63) is 0 Å². The molecule has 0 aromatic heterocycles. The summed E-state index contributed by atoms with van der Waals surface area (Å²) in [4.78, 5) is 14.2. The van der Waals surface area contributed by atoms with Gasteiger partial charge in [0.25, 0.3) is 0 Å². The highest BCUT2D eigenvalue weighted by Gasteiger charge is 2.40. The largest absolute Gasteiger partial charge is 0.378 e. The number of carbonyl (C=O) groups is 1. The summed E-state index contributed by atoms with van der Waals surface area (Å²) in [6, 6.07) is 0. The van der Waals surface area contributed by atoms with E-state index in [9.17, 15) is 4.79 Å². The number of nitrogens with zero attached hydrogens (tertiary/aromatic N) is 1. The van der Waals surface area contributed by atoms with Crippen LogP contribution in [0, 0.1) is 0 Å². The average molecular weight is 269 g/mol. The van der Waals surface area contributed by atoms with Crippen LogP contribution < -0.4 is 0 Å². The topological polar surface area (TPSA) is 48.0 Å². The molecule has 3 fully saturated rings. The van der Waals surface area contributed by atoms with Crippen LogP contribution >= 0.6 is 0 Å². The highest BCUT2D eigenvalue weighted by atomic mass is 16.7. The number of amides is 1. The fraction of sp³-hybridized carbons (Fsp3) is 0.929. The molecule has 3 aliphatic heterocycles. The summed E-state index contributed by atoms with van der Waals surface area (Å²) in [5, 5.41) is 0. The van der Waals surface area contributed by atoms with Gasteiger partial charge in [0.1, 0.15) is 0 Å². The molecule has 0 aromatic carbocycles. The molecular formula is C14H23NO4.